The molecule has 4 aromatic heterocycles. The van der Waals surface area contributed by atoms with Crippen molar-refractivity contribution in [2.24, 2.45) is 0 Å². The molecule has 0 saturated heterocycles. The van der Waals surface area contributed by atoms with Gasteiger partial charge in [0.15, 0.2) is 5.82 Å². The standard InChI is InChI=1S/C46H28N4/c1-3-14-29(15-4-1)43-37-28-31(26-27-38(37)47-46(48-43)30-16-5-2-6-17-30)49-41-25-13-22-35-33-19-8-7-18-32(33)34-20-9-11-23-39(34)50-40-24-12-10-21-36(40)44(49)45(50)42(35)41/h1-28H. The predicted molar refractivity (Wildman–Crippen MR) is 208 cm³/mol. The van der Waals surface area contributed by atoms with E-state index >= 15 is 0 Å². The molecule has 4 heterocycles. The summed E-state index contributed by atoms with van der Waals surface area (Å²) in [5.41, 5.74) is 10.9. The molecular weight excluding hydrogens is 609 g/mol. The highest BCUT2D eigenvalue weighted by Gasteiger charge is 2.23. The lowest BCUT2D eigenvalue weighted by Crippen LogP contribution is -1.98. The van der Waals surface area contributed by atoms with Crippen LogP contribution in [-0.4, -0.2) is 18.9 Å². The summed E-state index contributed by atoms with van der Waals surface area (Å²) < 4.78 is 4.95. The van der Waals surface area contributed by atoms with Crippen molar-refractivity contribution in [3.63, 3.8) is 0 Å². The van der Waals surface area contributed by atoms with Crippen molar-refractivity contribution >= 4 is 70.8 Å². The number of hydrogen-bond acceptors (Lipinski definition) is 2. The maximum absolute atomic E-state index is 5.22. The zero-order valence-electron chi connectivity index (χ0n) is 27.0. The quantitative estimate of drug-likeness (QED) is 0.193. The van der Waals surface area contributed by atoms with Crippen molar-refractivity contribution < 1.29 is 0 Å². The molecule has 0 atom stereocenters. The third-order valence-electron chi connectivity index (χ3n) is 10.3. The van der Waals surface area contributed by atoms with E-state index in [4.69, 9.17) is 9.97 Å². The summed E-state index contributed by atoms with van der Waals surface area (Å²) in [5, 5.41) is 8.43. The Kier molecular flexibility index (Phi) is 5.63. The van der Waals surface area contributed by atoms with Gasteiger partial charge in [-0.3, -0.25) is 0 Å². The molecule has 0 aliphatic heterocycles. The van der Waals surface area contributed by atoms with Crippen molar-refractivity contribution in [2.45, 2.75) is 0 Å². The monoisotopic (exact) mass is 636 g/mol. The Balaban J connectivity index is 1.33. The van der Waals surface area contributed by atoms with E-state index in [0.29, 0.717) is 0 Å². The lowest BCUT2D eigenvalue weighted by Gasteiger charge is -2.13. The Hall–Kier alpha value is -6.78. The number of benzene rings is 7. The topological polar surface area (TPSA) is 35.1 Å². The molecule has 0 saturated carbocycles. The first-order chi connectivity index (χ1) is 24.8. The second-order valence-corrected chi connectivity index (χ2v) is 13.0. The first-order valence-electron chi connectivity index (χ1n) is 17.0. The Labute approximate surface area is 287 Å². The summed E-state index contributed by atoms with van der Waals surface area (Å²) in [5.74, 6) is 0.724. The second kappa shape index (κ2) is 10.4. The molecule has 7 aromatic carbocycles. The molecule has 11 rings (SSSR count). The van der Waals surface area contributed by atoms with E-state index in [-0.39, 0.29) is 0 Å². The fourth-order valence-corrected chi connectivity index (χ4v) is 8.16. The van der Waals surface area contributed by atoms with Crippen molar-refractivity contribution in [2.75, 3.05) is 0 Å². The van der Waals surface area contributed by atoms with E-state index in [2.05, 4.69) is 161 Å². The molecule has 232 valence electrons. The van der Waals surface area contributed by atoms with Gasteiger partial charge in [0, 0.05) is 38.4 Å². The van der Waals surface area contributed by atoms with Crippen LogP contribution in [0.25, 0.3) is 99.1 Å². The number of para-hydroxylation sites is 2. The van der Waals surface area contributed by atoms with Crippen LogP contribution >= 0.6 is 0 Å². The van der Waals surface area contributed by atoms with Crippen molar-refractivity contribution in [1.29, 1.82) is 0 Å². The van der Waals surface area contributed by atoms with Crippen LogP contribution in [0.15, 0.2) is 170 Å². The zero-order valence-corrected chi connectivity index (χ0v) is 27.0. The predicted octanol–water partition coefficient (Wildman–Crippen LogP) is 11.8. The SMILES string of the molecule is c1ccc(-c2nc(-c3ccccc3)c3cc(-n4c5cccc6c7ccccc7c7ccccc7n7c8ccccc8c4c7c65)ccc3n2)cc1. The van der Waals surface area contributed by atoms with Gasteiger partial charge >= 0.3 is 0 Å². The molecule has 0 aliphatic rings. The van der Waals surface area contributed by atoms with Crippen LogP contribution in [0.2, 0.25) is 0 Å². The minimum absolute atomic E-state index is 0.724. The highest BCUT2D eigenvalue weighted by atomic mass is 15.0. The van der Waals surface area contributed by atoms with Gasteiger partial charge in [-0.1, -0.05) is 133 Å². The lowest BCUT2D eigenvalue weighted by atomic mass is 10.0. The van der Waals surface area contributed by atoms with Gasteiger partial charge < -0.3 is 8.97 Å². The van der Waals surface area contributed by atoms with Gasteiger partial charge in [0.1, 0.15) is 0 Å². The molecule has 0 radical (unpaired) electrons. The summed E-state index contributed by atoms with van der Waals surface area (Å²) in [6, 6.07) is 60.6. The van der Waals surface area contributed by atoms with Gasteiger partial charge in [0.25, 0.3) is 0 Å². The van der Waals surface area contributed by atoms with Gasteiger partial charge in [-0.05, 0) is 52.6 Å². The van der Waals surface area contributed by atoms with Crippen LogP contribution in [0, 0.1) is 0 Å². The molecule has 0 aliphatic carbocycles. The van der Waals surface area contributed by atoms with E-state index < -0.39 is 0 Å². The normalized spacial score (nSPS) is 12.0. The zero-order chi connectivity index (χ0) is 32.8. The third kappa shape index (κ3) is 3.76. The smallest absolute Gasteiger partial charge is 0.160 e. The van der Waals surface area contributed by atoms with Gasteiger partial charge in [-0.2, -0.15) is 0 Å². The molecule has 0 spiro atoms. The third-order valence-corrected chi connectivity index (χ3v) is 10.3. The van der Waals surface area contributed by atoms with Crippen LogP contribution in [0.1, 0.15) is 0 Å². The van der Waals surface area contributed by atoms with Crippen LogP contribution in [-0.2, 0) is 0 Å². The summed E-state index contributed by atoms with van der Waals surface area (Å²) in [6.45, 7) is 0. The summed E-state index contributed by atoms with van der Waals surface area (Å²) in [6.07, 6.45) is 0. The van der Waals surface area contributed by atoms with Crippen molar-refractivity contribution in [3.05, 3.63) is 170 Å². The maximum Gasteiger partial charge on any atom is 0.160 e. The number of nitrogens with zero attached hydrogens (tertiary/aromatic N) is 4. The largest absolute Gasteiger partial charge is 0.307 e. The highest BCUT2D eigenvalue weighted by Crippen LogP contribution is 2.44. The number of aromatic nitrogens is 4. The van der Waals surface area contributed by atoms with E-state index in [9.17, 15) is 0 Å². The molecule has 0 bridgehead atoms. The molecule has 0 fully saturated rings. The molecule has 4 nitrogen and oxygen atoms in total. The first-order valence-corrected chi connectivity index (χ1v) is 17.0. The maximum atomic E-state index is 5.22. The summed E-state index contributed by atoms with van der Waals surface area (Å²) in [4.78, 5) is 10.3. The Bertz CT molecular complexity index is 3140. The van der Waals surface area contributed by atoms with E-state index in [1.165, 1.54) is 59.9 Å². The van der Waals surface area contributed by atoms with Crippen molar-refractivity contribution in [1.82, 2.24) is 18.9 Å². The second-order valence-electron chi connectivity index (χ2n) is 13.0. The Morgan fingerprint density at radius 1 is 0.380 bits per heavy atom. The van der Waals surface area contributed by atoms with Gasteiger partial charge in [-0.25, -0.2) is 9.97 Å². The van der Waals surface area contributed by atoms with Crippen LogP contribution in [0.4, 0.5) is 0 Å². The molecule has 0 amide bonds. The number of fused-ring (bicyclic) bond motifs is 9. The average molecular weight is 637 g/mol. The van der Waals surface area contributed by atoms with Gasteiger partial charge in [-0.15, -0.1) is 0 Å². The van der Waals surface area contributed by atoms with Gasteiger partial charge in [0.2, 0.25) is 0 Å². The number of rotatable bonds is 3. The van der Waals surface area contributed by atoms with E-state index in [0.717, 1.165) is 39.2 Å². The number of hydrogen-bond donors (Lipinski definition) is 0. The minimum Gasteiger partial charge on any atom is -0.307 e. The molecule has 11 aromatic rings. The van der Waals surface area contributed by atoms with E-state index in [1.54, 1.807) is 0 Å². The lowest BCUT2D eigenvalue weighted by molar-refractivity contribution is 1.18. The van der Waals surface area contributed by atoms with Crippen LogP contribution in [0.5, 0.6) is 0 Å². The fourth-order valence-electron chi connectivity index (χ4n) is 8.16. The minimum atomic E-state index is 0.724. The molecule has 50 heavy (non-hydrogen) atoms. The highest BCUT2D eigenvalue weighted by molar-refractivity contribution is 6.29. The molecule has 4 heteroatoms. The summed E-state index contributed by atoms with van der Waals surface area (Å²) in [7, 11) is 0. The average Bonchev–Trinajstić information content (AvgIpc) is 3.70. The Morgan fingerprint density at radius 3 is 1.72 bits per heavy atom. The van der Waals surface area contributed by atoms with E-state index in [1.807, 2.05) is 18.2 Å². The molecular formula is C46H28N4. The Morgan fingerprint density at radius 2 is 0.960 bits per heavy atom. The fraction of sp³-hybridized carbons (Fsp3) is 0. The summed E-state index contributed by atoms with van der Waals surface area (Å²) >= 11 is 0. The molecule has 0 unspecified atom stereocenters. The van der Waals surface area contributed by atoms with Crippen LogP contribution in [0.3, 0.4) is 0 Å². The van der Waals surface area contributed by atoms with Crippen molar-refractivity contribution in [3.8, 4) is 28.3 Å². The first kappa shape index (κ1) is 27.2. The van der Waals surface area contributed by atoms with Crippen LogP contribution < -0.4 is 0 Å². The molecule has 0 N–H and O–H groups in total. The van der Waals surface area contributed by atoms with Gasteiger partial charge in [0.05, 0.1) is 38.8 Å².